The summed E-state index contributed by atoms with van der Waals surface area (Å²) >= 11 is 6.45. The molecule has 0 saturated heterocycles. The van der Waals surface area contributed by atoms with Crippen LogP contribution in [-0.4, -0.2) is 19.7 Å². The van der Waals surface area contributed by atoms with Crippen molar-refractivity contribution >= 4 is 32.8 Å². The third kappa shape index (κ3) is 5.16. The zero-order valence-corrected chi connectivity index (χ0v) is 20.9. The summed E-state index contributed by atoms with van der Waals surface area (Å²) in [5, 5.41) is 3.99. The minimum atomic E-state index is -3.36. The lowest BCUT2D eigenvalue weighted by atomic mass is 9.95. The number of hydrogen-bond acceptors (Lipinski definition) is 4. The number of anilines is 1. The van der Waals surface area contributed by atoms with Gasteiger partial charge in [-0.15, -0.1) is 0 Å². The highest BCUT2D eigenvalue weighted by Crippen LogP contribution is 2.42. The van der Waals surface area contributed by atoms with Crippen LogP contribution in [-0.2, 0) is 9.84 Å². The Kier molecular flexibility index (Phi) is 6.22. The molecule has 0 unspecified atom stereocenters. The van der Waals surface area contributed by atoms with Gasteiger partial charge in [-0.3, -0.25) is 4.98 Å². The van der Waals surface area contributed by atoms with E-state index < -0.39 is 9.84 Å². The van der Waals surface area contributed by atoms with Gasteiger partial charge in [0.25, 0.3) is 0 Å². The number of pyridine rings is 1. The molecule has 1 heterocycles. The van der Waals surface area contributed by atoms with Crippen molar-refractivity contribution in [1.82, 2.24) is 4.98 Å². The molecule has 4 nitrogen and oxygen atoms in total. The van der Waals surface area contributed by atoms with E-state index >= 15 is 0 Å². The Morgan fingerprint density at radius 3 is 2.51 bits per heavy atom. The number of aromatic nitrogens is 1. The fourth-order valence-corrected chi connectivity index (χ4v) is 5.06. The normalized spacial score (nSPS) is 13.4. The summed E-state index contributed by atoms with van der Waals surface area (Å²) in [5.74, 6) is 0.594. The van der Waals surface area contributed by atoms with E-state index in [0.717, 1.165) is 33.6 Å². The highest BCUT2D eigenvalue weighted by molar-refractivity contribution is 7.90. The third-order valence-electron chi connectivity index (χ3n) is 6.19. The second kappa shape index (κ2) is 9.33. The summed E-state index contributed by atoms with van der Waals surface area (Å²) in [4.78, 5) is 4.69. The average molecular weight is 501 g/mol. The Morgan fingerprint density at radius 2 is 1.80 bits per heavy atom. The minimum absolute atomic E-state index is 0.282. The zero-order chi connectivity index (χ0) is 24.6. The van der Waals surface area contributed by atoms with Crippen LogP contribution in [0.2, 0.25) is 5.02 Å². The summed E-state index contributed by atoms with van der Waals surface area (Å²) in [6.07, 6.45) is 5.36. The van der Waals surface area contributed by atoms with Gasteiger partial charge in [-0.1, -0.05) is 54.6 Å². The molecule has 0 spiro atoms. The molecule has 6 heteroatoms. The van der Waals surface area contributed by atoms with E-state index in [0.29, 0.717) is 16.6 Å². The topological polar surface area (TPSA) is 59.1 Å². The maximum Gasteiger partial charge on any atom is 0.175 e. The number of nitrogens with one attached hydrogen (secondary N) is 1. The molecule has 35 heavy (non-hydrogen) atoms. The van der Waals surface area contributed by atoms with E-state index in [1.165, 1.54) is 24.7 Å². The molecule has 0 atom stereocenters. The summed E-state index contributed by atoms with van der Waals surface area (Å²) < 4.78 is 24.6. The van der Waals surface area contributed by atoms with Gasteiger partial charge in [-0.2, -0.15) is 0 Å². The first-order chi connectivity index (χ1) is 16.8. The second-order valence-electron chi connectivity index (χ2n) is 8.89. The summed E-state index contributed by atoms with van der Waals surface area (Å²) in [6.45, 7) is 4.28. The SMILES string of the molecule is C=C(Nc1ccc(Cl)c(-c2ccccn2)c1)c1ccc(S(C)(=O)=O)cc1-c1cccc(C2CC2)c1. The van der Waals surface area contributed by atoms with Crippen LogP contribution in [0.5, 0.6) is 0 Å². The van der Waals surface area contributed by atoms with E-state index in [9.17, 15) is 8.42 Å². The van der Waals surface area contributed by atoms with Crippen molar-refractivity contribution in [3.05, 3.63) is 108 Å². The first-order valence-corrected chi connectivity index (χ1v) is 13.7. The highest BCUT2D eigenvalue weighted by Gasteiger charge is 2.24. The maximum atomic E-state index is 12.3. The first-order valence-electron chi connectivity index (χ1n) is 11.4. The number of halogens is 1. The lowest BCUT2D eigenvalue weighted by molar-refractivity contribution is 0.602. The molecular formula is C29H25ClN2O2S. The molecule has 0 aliphatic heterocycles. The van der Waals surface area contributed by atoms with Crippen LogP contribution in [0.15, 0.2) is 96.5 Å². The van der Waals surface area contributed by atoms with Crippen molar-refractivity contribution in [3.63, 3.8) is 0 Å². The van der Waals surface area contributed by atoms with Crippen LogP contribution < -0.4 is 5.32 Å². The van der Waals surface area contributed by atoms with Gasteiger partial charge in [-0.05, 0) is 77.9 Å². The molecule has 3 aromatic carbocycles. The molecule has 1 fully saturated rings. The molecule has 0 amide bonds. The lowest BCUT2D eigenvalue weighted by Gasteiger charge is -2.17. The summed E-state index contributed by atoms with van der Waals surface area (Å²) in [6, 6.07) is 24.9. The minimum Gasteiger partial charge on any atom is -0.355 e. The van der Waals surface area contributed by atoms with E-state index in [1.807, 2.05) is 54.6 Å². The summed E-state index contributed by atoms with van der Waals surface area (Å²) in [7, 11) is -3.36. The van der Waals surface area contributed by atoms with Crippen molar-refractivity contribution in [2.45, 2.75) is 23.7 Å². The molecule has 1 N–H and O–H groups in total. The van der Waals surface area contributed by atoms with Crippen molar-refractivity contribution in [1.29, 1.82) is 0 Å². The number of rotatable bonds is 7. The van der Waals surface area contributed by atoms with Crippen molar-refractivity contribution in [2.24, 2.45) is 0 Å². The molecule has 0 bridgehead atoms. The van der Waals surface area contributed by atoms with Gasteiger partial charge in [0.1, 0.15) is 0 Å². The van der Waals surface area contributed by atoms with Gasteiger partial charge in [-0.25, -0.2) is 8.42 Å². The highest BCUT2D eigenvalue weighted by atomic mass is 35.5. The van der Waals surface area contributed by atoms with Gasteiger partial charge in [0.15, 0.2) is 9.84 Å². The molecule has 0 radical (unpaired) electrons. The van der Waals surface area contributed by atoms with Crippen molar-refractivity contribution < 1.29 is 8.42 Å². The van der Waals surface area contributed by atoms with Crippen LogP contribution in [0.25, 0.3) is 28.1 Å². The first kappa shape index (κ1) is 23.3. The fraction of sp³-hybridized carbons (Fsp3) is 0.138. The third-order valence-corrected chi connectivity index (χ3v) is 7.63. The monoisotopic (exact) mass is 500 g/mol. The Balaban J connectivity index is 1.53. The summed E-state index contributed by atoms with van der Waals surface area (Å²) in [5.41, 5.74) is 6.98. The maximum absolute atomic E-state index is 12.3. The van der Waals surface area contributed by atoms with Crippen LogP contribution in [0.1, 0.15) is 29.9 Å². The van der Waals surface area contributed by atoms with Crippen molar-refractivity contribution in [3.8, 4) is 22.4 Å². The Hall–Kier alpha value is -3.41. The lowest BCUT2D eigenvalue weighted by Crippen LogP contribution is -2.03. The van der Waals surface area contributed by atoms with E-state index in [2.05, 4.69) is 29.0 Å². The quantitative estimate of drug-likeness (QED) is 0.286. The van der Waals surface area contributed by atoms with Gasteiger partial charge in [0, 0.05) is 35.0 Å². The number of nitrogens with zero attached hydrogens (tertiary/aromatic N) is 1. The van der Waals surface area contributed by atoms with Gasteiger partial charge in [0.05, 0.1) is 15.6 Å². The van der Waals surface area contributed by atoms with Crippen LogP contribution in [0, 0.1) is 0 Å². The van der Waals surface area contributed by atoms with E-state index in [4.69, 9.17) is 11.6 Å². The average Bonchev–Trinajstić information content (AvgIpc) is 3.71. The van der Waals surface area contributed by atoms with Crippen LogP contribution >= 0.6 is 11.6 Å². The van der Waals surface area contributed by atoms with E-state index in [-0.39, 0.29) is 4.90 Å². The van der Waals surface area contributed by atoms with Crippen LogP contribution in [0.3, 0.4) is 0 Å². The Morgan fingerprint density at radius 1 is 0.971 bits per heavy atom. The molecule has 5 rings (SSSR count). The van der Waals surface area contributed by atoms with Gasteiger partial charge < -0.3 is 5.32 Å². The second-order valence-corrected chi connectivity index (χ2v) is 11.3. The molecule has 1 aromatic heterocycles. The largest absolute Gasteiger partial charge is 0.355 e. The number of benzene rings is 3. The smallest absolute Gasteiger partial charge is 0.175 e. The predicted octanol–water partition coefficient (Wildman–Crippen LogP) is 7.43. The fourth-order valence-electron chi connectivity index (χ4n) is 4.20. The number of hydrogen-bond donors (Lipinski definition) is 1. The van der Waals surface area contributed by atoms with Crippen molar-refractivity contribution in [2.75, 3.05) is 11.6 Å². The molecule has 176 valence electrons. The Labute approximate surface area is 211 Å². The molecular weight excluding hydrogens is 476 g/mol. The molecule has 1 aliphatic carbocycles. The zero-order valence-electron chi connectivity index (χ0n) is 19.3. The van der Waals surface area contributed by atoms with Gasteiger partial charge >= 0.3 is 0 Å². The molecule has 1 aliphatic rings. The van der Waals surface area contributed by atoms with Gasteiger partial charge in [0.2, 0.25) is 0 Å². The molecule has 4 aromatic rings. The number of sulfone groups is 1. The Bertz CT molecular complexity index is 1530. The van der Waals surface area contributed by atoms with E-state index in [1.54, 1.807) is 18.3 Å². The molecule has 1 saturated carbocycles. The standard InChI is InChI=1S/C29H25ClN2O2S/c1-19(32-23-11-14-28(30)27(17-23)29-8-3-4-15-31-29)25-13-12-24(35(2,33)34)18-26(25)22-7-5-6-21(16-22)20-9-10-20/h3-8,11-18,20,32H,1,9-10H2,2H3. The predicted molar refractivity (Wildman–Crippen MR) is 144 cm³/mol. The van der Waals surface area contributed by atoms with Crippen LogP contribution in [0.4, 0.5) is 5.69 Å².